The van der Waals surface area contributed by atoms with E-state index in [0.717, 1.165) is 5.56 Å². The summed E-state index contributed by atoms with van der Waals surface area (Å²) in [6, 6.07) is 14.0. The third kappa shape index (κ3) is 5.14. The van der Waals surface area contributed by atoms with Crippen LogP contribution < -0.4 is 4.74 Å². The zero-order valence-electron chi connectivity index (χ0n) is 14.5. The van der Waals surface area contributed by atoms with Crippen molar-refractivity contribution in [3.63, 3.8) is 0 Å². The number of nitro groups is 1. The van der Waals surface area contributed by atoms with Crippen molar-refractivity contribution in [2.45, 2.75) is 19.4 Å². The second-order valence-electron chi connectivity index (χ2n) is 5.76. The van der Waals surface area contributed by atoms with Crippen LogP contribution in [-0.2, 0) is 11.3 Å². The minimum absolute atomic E-state index is 0.0321. The number of hydrogen-bond acceptors (Lipinski definition) is 5. The molecule has 0 aliphatic rings. The molecule has 0 radical (unpaired) electrons. The lowest BCUT2D eigenvalue weighted by atomic mass is 10.2. The Morgan fingerprint density at radius 3 is 2.58 bits per heavy atom. The van der Waals surface area contributed by atoms with Crippen LogP contribution in [0.1, 0.15) is 28.8 Å². The van der Waals surface area contributed by atoms with Crippen molar-refractivity contribution in [2.75, 3.05) is 13.7 Å². The molecule has 0 aliphatic carbocycles. The highest BCUT2D eigenvalue weighted by Crippen LogP contribution is 2.29. The van der Waals surface area contributed by atoms with Gasteiger partial charge in [-0.2, -0.15) is 0 Å². The molecule has 0 unspecified atom stereocenters. The molecule has 2 aromatic carbocycles. The summed E-state index contributed by atoms with van der Waals surface area (Å²) < 4.78 is 5.42. The number of amides is 1. The van der Waals surface area contributed by atoms with E-state index in [-0.39, 0.29) is 35.9 Å². The van der Waals surface area contributed by atoms with Gasteiger partial charge in [-0.25, -0.2) is 0 Å². The molecule has 0 saturated carbocycles. The topological polar surface area (TPSA) is 89.8 Å². The van der Waals surface area contributed by atoms with Crippen LogP contribution in [-0.4, -0.2) is 35.7 Å². The molecule has 0 aromatic heterocycles. The van der Waals surface area contributed by atoms with Gasteiger partial charge in [0, 0.05) is 20.0 Å². The Balaban J connectivity index is 1.84. The number of ether oxygens (including phenoxy) is 1. The van der Waals surface area contributed by atoms with Gasteiger partial charge >= 0.3 is 5.69 Å². The monoisotopic (exact) mass is 356 g/mol. The molecule has 7 nitrogen and oxygen atoms in total. The molecular formula is C19H20N2O5. The number of carbonyl (C=O) groups is 2. The number of rotatable bonds is 9. The lowest BCUT2D eigenvalue weighted by Gasteiger charge is -2.17. The van der Waals surface area contributed by atoms with Crippen molar-refractivity contribution < 1.29 is 19.2 Å². The second kappa shape index (κ2) is 9.31. The van der Waals surface area contributed by atoms with Gasteiger partial charge in [-0.3, -0.25) is 19.7 Å². The Morgan fingerprint density at radius 1 is 1.19 bits per heavy atom. The zero-order chi connectivity index (χ0) is 18.9. The molecule has 0 heterocycles. The molecule has 1 amide bonds. The molecule has 7 heteroatoms. The Kier molecular flexibility index (Phi) is 6.84. The molecule has 0 atom stereocenters. The van der Waals surface area contributed by atoms with E-state index in [4.69, 9.17) is 4.74 Å². The van der Waals surface area contributed by atoms with Crippen molar-refractivity contribution in [3.05, 3.63) is 69.8 Å². The third-order valence-corrected chi connectivity index (χ3v) is 3.82. The largest absolute Gasteiger partial charge is 0.487 e. The highest BCUT2D eigenvalue weighted by atomic mass is 16.6. The average molecular weight is 356 g/mol. The maximum absolute atomic E-state index is 12.2. The van der Waals surface area contributed by atoms with Crippen LogP contribution in [0.15, 0.2) is 48.5 Å². The van der Waals surface area contributed by atoms with Crippen molar-refractivity contribution in [2.24, 2.45) is 0 Å². The summed E-state index contributed by atoms with van der Waals surface area (Å²) in [4.78, 5) is 35.2. The summed E-state index contributed by atoms with van der Waals surface area (Å²) in [7, 11) is 1.73. The number of aldehydes is 1. The number of nitro benzene ring substituents is 1. The van der Waals surface area contributed by atoms with Crippen LogP contribution in [0.5, 0.6) is 5.75 Å². The summed E-state index contributed by atoms with van der Waals surface area (Å²) in [6.07, 6.45) is 1.11. The van der Waals surface area contributed by atoms with Gasteiger partial charge in [-0.15, -0.1) is 0 Å². The summed E-state index contributed by atoms with van der Waals surface area (Å²) in [5.41, 5.74) is 0.655. The van der Waals surface area contributed by atoms with Crippen molar-refractivity contribution in [1.82, 2.24) is 4.90 Å². The van der Waals surface area contributed by atoms with E-state index in [1.165, 1.54) is 18.2 Å². The van der Waals surface area contributed by atoms with Crippen LogP contribution in [0.25, 0.3) is 0 Å². The Morgan fingerprint density at radius 2 is 1.92 bits per heavy atom. The Bertz CT molecular complexity index is 777. The summed E-state index contributed by atoms with van der Waals surface area (Å²) >= 11 is 0. The summed E-state index contributed by atoms with van der Waals surface area (Å²) in [5, 5.41) is 11.1. The molecule has 26 heavy (non-hydrogen) atoms. The summed E-state index contributed by atoms with van der Waals surface area (Å²) in [5.74, 6) is -0.00159. The fraction of sp³-hybridized carbons (Fsp3) is 0.263. The van der Waals surface area contributed by atoms with Crippen molar-refractivity contribution in [3.8, 4) is 5.75 Å². The smallest absolute Gasteiger partial charge is 0.321 e. The van der Waals surface area contributed by atoms with Gasteiger partial charge in [-0.1, -0.05) is 36.4 Å². The lowest BCUT2D eigenvalue weighted by Crippen LogP contribution is -2.26. The number of nitrogens with zero attached hydrogens (tertiary/aromatic N) is 2. The zero-order valence-corrected chi connectivity index (χ0v) is 14.5. The quantitative estimate of drug-likeness (QED) is 0.298. The predicted octanol–water partition coefficient (Wildman–Crippen LogP) is 3.22. The van der Waals surface area contributed by atoms with Crippen molar-refractivity contribution >= 4 is 17.9 Å². The molecule has 0 bridgehead atoms. The first-order valence-corrected chi connectivity index (χ1v) is 8.16. The van der Waals surface area contributed by atoms with Gasteiger partial charge in [-0.05, 0) is 24.1 Å². The predicted molar refractivity (Wildman–Crippen MR) is 96.1 cm³/mol. The van der Waals surface area contributed by atoms with Crippen molar-refractivity contribution in [1.29, 1.82) is 0 Å². The van der Waals surface area contributed by atoms with E-state index < -0.39 is 4.92 Å². The lowest BCUT2D eigenvalue weighted by molar-refractivity contribution is -0.386. The van der Waals surface area contributed by atoms with E-state index >= 15 is 0 Å². The van der Waals surface area contributed by atoms with Gasteiger partial charge in [0.05, 0.1) is 17.1 Å². The maximum Gasteiger partial charge on any atom is 0.321 e. The standard InChI is InChI=1S/C19H20N2O5/c1-20(13-15-7-3-2-4-8-15)18(23)11-6-12-26-17-10-5-9-16(14-22)19(17)21(24)25/h2-5,7-10,14H,6,11-13H2,1H3. The van der Waals surface area contributed by atoms with Crippen LogP contribution in [0.4, 0.5) is 5.69 Å². The second-order valence-corrected chi connectivity index (χ2v) is 5.76. The van der Waals surface area contributed by atoms with E-state index in [2.05, 4.69) is 0 Å². The number of benzene rings is 2. The fourth-order valence-corrected chi connectivity index (χ4v) is 2.49. The molecule has 0 spiro atoms. The Labute approximate surface area is 151 Å². The van der Waals surface area contributed by atoms with E-state index in [0.29, 0.717) is 19.3 Å². The molecule has 2 rings (SSSR count). The number of carbonyl (C=O) groups excluding carboxylic acids is 2. The normalized spacial score (nSPS) is 10.2. The van der Waals surface area contributed by atoms with Gasteiger partial charge in [0.2, 0.25) is 5.91 Å². The SMILES string of the molecule is CN(Cc1ccccc1)C(=O)CCCOc1cccc(C=O)c1[N+](=O)[O-]. The highest BCUT2D eigenvalue weighted by Gasteiger charge is 2.20. The van der Waals surface area contributed by atoms with Crippen LogP contribution >= 0.6 is 0 Å². The fourth-order valence-electron chi connectivity index (χ4n) is 2.49. The highest BCUT2D eigenvalue weighted by molar-refractivity contribution is 5.83. The molecule has 0 saturated heterocycles. The van der Waals surface area contributed by atoms with E-state index in [1.807, 2.05) is 30.3 Å². The molecule has 2 aromatic rings. The van der Waals surface area contributed by atoms with E-state index in [9.17, 15) is 19.7 Å². The maximum atomic E-state index is 12.2. The minimum atomic E-state index is -0.641. The van der Waals surface area contributed by atoms with Gasteiger partial charge in [0.15, 0.2) is 12.0 Å². The van der Waals surface area contributed by atoms with Crippen LogP contribution in [0.3, 0.4) is 0 Å². The molecule has 0 fully saturated rings. The molecular weight excluding hydrogens is 336 g/mol. The first-order valence-electron chi connectivity index (χ1n) is 8.16. The van der Waals surface area contributed by atoms with Crippen LogP contribution in [0, 0.1) is 10.1 Å². The first kappa shape index (κ1) is 19.1. The number of para-hydroxylation sites is 1. The third-order valence-electron chi connectivity index (χ3n) is 3.82. The molecule has 0 aliphatic heterocycles. The van der Waals surface area contributed by atoms with E-state index in [1.54, 1.807) is 11.9 Å². The average Bonchev–Trinajstić information content (AvgIpc) is 2.65. The first-order chi connectivity index (χ1) is 12.5. The summed E-state index contributed by atoms with van der Waals surface area (Å²) in [6.45, 7) is 0.668. The van der Waals surface area contributed by atoms with Crippen LogP contribution in [0.2, 0.25) is 0 Å². The minimum Gasteiger partial charge on any atom is -0.487 e. The Hall–Kier alpha value is -3.22. The van der Waals surface area contributed by atoms with Gasteiger partial charge in [0.25, 0.3) is 0 Å². The van der Waals surface area contributed by atoms with Gasteiger partial charge < -0.3 is 9.64 Å². The molecule has 136 valence electrons. The number of hydrogen-bond donors (Lipinski definition) is 0. The van der Waals surface area contributed by atoms with Gasteiger partial charge in [0.1, 0.15) is 0 Å². The molecule has 0 N–H and O–H groups in total.